The molecule has 0 aliphatic heterocycles. The number of nitrogens with zero attached hydrogens (tertiary/aromatic N) is 1. The van der Waals surface area contributed by atoms with E-state index in [2.05, 4.69) is 21.0 Å². The fourth-order valence-electron chi connectivity index (χ4n) is 2.23. The molecular formula is C17H16N4O3. The van der Waals surface area contributed by atoms with Gasteiger partial charge in [-0.05, 0) is 24.4 Å². The van der Waals surface area contributed by atoms with Crippen LogP contribution in [0, 0.1) is 6.92 Å². The van der Waals surface area contributed by atoms with E-state index in [1.54, 1.807) is 19.1 Å². The first-order valence-corrected chi connectivity index (χ1v) is 7.35. The molecule has 0 saturated carbocycles. The standard InChI is InChI=1S/C17H16N4O3/c1-11-9-14(19-18-11)17(23)21-20-16(22)10-24-15-8-4-6-12-5-2-3-7-13(12)15/h2-9H,10H2,1H3,(H,18,19)(H,20,22)(H,21,23). The summed E-state index contributed by atoms with van der Waals surface area (Å²) in [6.07, 6.45) is 0. The number of ether oxygens (including phenoxy) is 1. The molecular weight excluding hydrogens is 308 g/mol. The van der Waals surface area contributed by atoms with Crippen molar-refractivity contribution in [2.45, 2.75) is 6.92 Å². The van der Waals surface area contributed by atoms with E-state index in [1.165, 1.54) is 0 Å². The molecule has 0 aliphatic carbocycles. The van der Waals surface area contributed by atoms with Crippen molar-refractivity contribution < 1.29 is 14.3 Å². The van der Waals surface area contributed by atoms with Crippen LogP contribution in [0.4, 0.5) is 0 Å². The Morgan fingerprint density at radius 1 is 1.12 bits per heavy atom. The number of nitrogens with one attached hydrogen (secondary N) is 3. The lowest BCUT2D eigenvalue weighted by molar-refractivity contribution is -0.123. The number of aryl methyl sites for hydroxylation is 1. The van der Waals surface area contributed by atoms with Crippen LogP contribution in [-0.4, -0.2) is 28.6 Å². The van der Waals surface area contributed by atoms with E-state index in [1.807, 2.05) is 36.4 Å². The Labute approximate surface area is 138 Å². The van der Waals surface area contributed by atoms with Crippen molar-refractivity contribution in [2.24, 2.45) is 0 Å². The predicted molar refractivity (Wildman–Crippen MR) is 88.4 cm³/mol. The monoisotopic (exact) mass is 324 g/mol. The van der Waals surface area contributed by atoms with Gasteiger partial charge in [0.25, 0.3) is 11.8 Å². The van der Waals surface area contributed by atoms with Crippen molar-refractivity contribution in [3.63, 3.8) is 0 Å². The molecule has 0 radical (unpaired) electrons. The Morgan fingerprint density at radius 3 is 2.71 bits per heavy atom. The first kappa shape index (κ1) is 15.5. The van der Waals surface area contributed by atoms with Crippen LogP contribution in [0.15, 0.2) is 48.5 Å². The number of benzene rings is 2. The highest BCUT2D eigenvalue weighted by Gasteiger charge is 2.11. The molecule has 24 heavy (non-hydrogen) atoms. The molecule has 1 aromatic heterocycles. The van der Waals surface area contributed by atoms with E-state index in [0.717, 1.165) is 16.5 Å². The van der Waals surface area contributed by atoms with Crippen molar-refractivity contribution in [3.05, 3.63) is 59.9 Å². The van der Waals surface area contributed by atoms with E-state index in [-0.39, 0.29) is 12.3 Å². The Balaban J connectivity index is 1.54. The van der Waals surface area contributed by atoms with E-state index in [4.69, 9.17) is 4.74 Å². The highest BCUT2D eigenvalue weighted by molar-refractivity contribution is 5.94. The summed E-state index contributed by atoms with van der Waals surface area (Å²) in [4.78, 5) is 23.6. The number of amides is 2. The largest absolute Gasteiger partial charge is 0.483 e. The van der Waals surface area contributed by atoms with Crippen molar-refractivity contribution in [1.82, 2.24) is 21.0 Å². The molecule has 2 aromatic carbocycles. The minimum atomic E-state index is -0.502. The van der Waals surface area contributed by atoms with Crippen LogP contribution in [0.2, 0.25) is 0 Å². The van der Waals surface area contributed by atoms with Crippen LogP contribution in [0.3, 0.4) is 0 Å². The summed E-state index contributed by atoms with van der Waals surface area (Å²) < 4.78 is 5.54. The molecule has 7 nitrogen and oxygen atoms in total. The number of aromatic nitrogens is 2. The molecule has 3 aromatic rings. The highest BCUT2D eigenvalue weighted by atomic mass is 16.5. The third-order valence-corrected chi connectivity index (χ3v) is 3.36. The Bertz CT molecular complexity index is 883. The molecule has 0 bridgehead atoms. The summed E-state index contributed by atoms with van der Waals surface area (Å²) in [6.45, 7) is 1.56. The van der Waals surface area contributed by atoms with Crippen molar-refractivity contribution in [3.8, 4) is 5.75 Å². The van der Waals surface area contributed by atoms with Gasteiger partial charge < -0.3 is 4.74 Å². The highest BCUT2D eigenvalue weighted by Crippen LogP contribution is 2.24. The first-order valence-electron chi connectivity index (χ1n) is 7.35. The molecule has 1 heterocycles. The minimum absolute atomic E-state index is 0.197. The van der Waals surface area contributed by atoms with Gasteiger partial charge in [-0.1, -0.05) is 36.4 Å². The summed E-state index contributed by atoms with van der Waals surface area (Å²) in [5, 5.41) is 8.40. The smallest absolute Gasteiger partial charge is 0.290 e. The molecule has 7 heteroatoms. The first-order chi connectivity index (χ1) is 11.6. The van der Waals surface area contributed by atoms with Gasteiger partial charge in [0.05, 0.1) is 0 Å². The zero-order valence-electron chi connectivity index (χ0n) is 13.0. The molecule has 0 spiro atoms. The Kier molecular flexibility index (Phi) is 4.42. The van der Waals surface area contributed by atoms with Crippen LogP contribution in [0.1, 0.15) is 16.2 Å². The normalized spacial score (nSPS) is 10.4. The van der Waals surface area contributed by atoms with Crippen LogP contribution < -0.4 is 15.6 Å². The number of carbonyl (C=O) groups is 2. The van der Waals surface area contributed by atoms with Crippen molar-refractivity contribution in [2.75, 3.05) is 6.61 Å². The Hall–Kier alpha value is -3.35. The number of fused-ring (bicyclic) bond motifs is 1. The molecule has 0 unspecified atom stereocenters. The van der Waals surface area contributed by atoms with Crippen LogP contribution in [0.25, 0.3) is 10.8 Å². The third-order valence-electron chi connectivity index (χ3n) is 3.36. The SMILES string of the molecule is Cc1cc(C(=O)NNC(=O)COc2cccc3ccccc23)n[nH]1. The van der Waals surface area contributed by atoms with Gasteiger partial charge in [-0.3, -0.25) is 25.5 Å². The summed E-state index contributed by atoms with van der Waals surface area (Å²) in [5.41, 5.74) is 5.53. The summed E-state index contributed by atoms with van der Waals surface area (Å²) in [6, 6.07) is 14.9. The maximum absolute atomic E-state index is 11.8. The van der Waals surface area contributed by atoms with Crippen molar-refractivity contribution in [1.29, 1.82) is 0 Å². The number of hydrogen-bond donors (Lipinski definition) is 3. The molecule has 0 fully saturated rings. The fraction of sp³-hybridized carbons (Fsp3) is 0.118. The van der Waals surface area contributed by atoms with Gasteiger partial charge in [0, 0.05) is 11.1 Å². The van der Waals surface area contributed by atoms with Gasteiger partial charge in [-0.2, -0.15) is 5.10 Å². The van der Waals surface area contributed by atoms with Crippen LogP contribution in [-0.2, 0) is 4.79 Å². The average Bonchev–Trinajstić information content (AvgIpc) is 3.04. The van der Waals surface area contributed by atoms with Gasteiger partial charge in [-0.25, -0.2) is 0 Å². The maximum Gasteiger partial charge on any atom is 0.290 e. The number of carbonyl (C=O) groups excluding carboxylic acids is 2. The number of hydrazine groups is 1. The van der Waals surface area contributed by atoms with Gasteiger partial charge in [-0.15, -0.1) is 0 Å². The molecule has 122 valence electrons. The number of rotatable bonds is 4. The number of hydrogen-bond acceptors (Lipinski definition) is 4. The van der Waals surface area contributed by atoms with Crippen LogP contribution >= 0.6 is 0 Å². The average molecular weight is 324 g/mol. The van der Waals surface area contributed by atoms with E-state index in [0.29, 0.717) is 5.75 Å². The molecule has 0 atom stereocenters. The van der Waals surface area contributed by atoms with Gasteiger partial charge >= 0.3 is 0 Å². The quantitative estimate of drug-likeness (QED) is 0.637. The minimum Gasteiger partial charge on any atom is -0.483 e. The lowest BCUT2D eigenvalue weighted by atomic mass is 10.1. The van der Waals surface area contributed by atoms with E-state index < -0.39 is 11.8 Å². The zero-order valence-corrected chi connectivity index (χ0v) is 13.0. The lowest BCUT2D eigenvalue weighted by Gasteiger charge is -2.10. The second-order valence-corrected chi connectivity index (χ2v) is 5.20. The summed E-state index contributed by atoms with van der Waals surface area (Å²) in [7, 11) is 0. The summed E-state index contributed by atoms with van der Waals surface area (Å²) >= 11 is 0. The molecule has 3 N–H and O–H groups in total. The molecule has 0 saturated heterocycles. The second-order valence-electron chi connectivity index (χ2n) is 5.20. The fourth-order valence-corrected chi connectivity index (χ4v) is 2.23. The van der Waals surface area contributed by atoms with E-state index >= 15 is 0 Å². The summed E-state index contributed by atoms with van der Waals surface area (Å²) in [5.74, 6) is -0.362. The third kappa shape index (κ3) is 3.52. The van der Waals surface area contributed by atoms with Crippen LogP contribution in [0.5, 0.6) is 5.75 Å². The Morgan fingerprint density at radius 2 is 1.92 bits per heavy atom. The lowest BCUT2D eigenvalue weighted by Crippen LogP contribution is -2.44. The predicted octanol–water partition coefficient (Wildman–Crippen LogP) is 1.71. The maximum atomic E-state index is 11.8. The van der Waals surface area contributed by atoms with Gasteiger partial charge in [0.1, 0.15) is 5.75 Å². The molecule has 2 amide bonds. The topological polar surface area (TPSA) is 96.1 Å². The van der Waals surface area contributed by atoms with E-state index in [9.17, 15) is 9.59 Å². The second kappa shape index (κ2) is 6.82. The van der Waals surface area contributed by atoms with Gasteiger partial charge in [0.2, 0.25) is 0 Å². The zero-order chi connectivity index (χ0) is 16.9. The number of H-pyrrole nitrogens is 1. The molecule has 0 aliphatic rings. The molecule has 3 rings (SSSR count). The van der Waals surface area contributed by atoms with Crippen molar-refractivity contribution >= 4 is 22.6 Å². The van der Waals surface area contributed by atoms with Gasteiger partial charge in [0.15, 0.2) is 12.3 Å². The number of aromatic amines is 1.